The molecule has 0 heterocycles. The van der Waals surface area contributed by atoms with Gasteiger partial charge in [-0.2, -0.15) is 0 Å². The van der Waals surface area contributed by atoms with Crippen LogP contribution in [0.3, 0.4) is 0 Å². The molecule has 3 N–H and O–H groups in total. The van der Waals surface area contributed by atoms with Gasteiger partial charge in [0.05, 0.1) is 0 Å². The fourth-order valence-electron chi connectivity index (χ4n) is 3.92. The van der Waals surface area contributed by atoms with E-state index < -0.39 is 6.10 Å². The molecule has 2 bridgehead atoms. The summed E-state index contributed by atoms with van der Waals surface area (Å²) < 4.78 is 5.94. The highest BCUT2D eigenvalue weighted by atomic mass is 16.5. The average Bonchev–Trinajstić information content (AvgIpc) is 2.52. The lowest BCUT2D eigenvalue weighted by Gasteiger charge is -2.39. The molecular weight excluding hydrogens is 290 g/mol. The Morgan fingerprint density at radius 1 is 1.13 bits per heavy atom. The molecule has 128 valence electrons. The van der Waals surface area contributed by atoms with E-state index in [4.69, 9.17) is 4.74 Å². The van der Waals surface area contributed by atoms with Crippen molar-refractivity contribution in [2.75, 3.05) is 13.2 Å². The third-order valence-electron chi connectivity index (χ3n) is 5.07. The van der Waals surface area contributed by atoms with Crippen molar-refractivity contribution in [2.45, 2.75) is 69.9 Å². The zero-order chi connectivity index (χ0) is 16.6. The molecule has 3 aliphatic rings. The summed E-state index contributed by atoms with van der Waals surface area (Å²) in [5.74, 6) is 2.24. The second-order valence-electron chi connectivity index (χ2n) is 8.05. The molecule has 0 unspecified atom stereocenters. The van der Waals surface area contributed by atoms with Gasteiger partial charge in [0.15, 0.2) is 0 Å². The van der Waals surface area contributed by atoms with Gasteiger partial charge < -0.3 is 20.3 Å². The van der Waals surface area contributed by atoms with Crippen molar-refractivity contribution in [3.8, 4) is 11.5 Å². The van der Waals surface area contributed by atoms with Gasteiger partial charge in [-0.15, -0.1) is 0 Å². The van der Waals surface area contributed by atoms with Gasteiger partial charge in [0.2, 0.25) is 0 Å². The number of phenolic OH excluding ortho intramolecular Hbond substituents is 1. The number of hydrogen-bond donors (Lipinski definition) is 3. The molecule has 4 nitrogen and oxygen atoms in total. The minimum absolute atomic E-state index is 0.0160. The lowest BCUT2D eigenvalue weighted by atomic mass is 9.66. The van der Waals surface area contributed by atoms with Crippen molar-refractivity contribution < 1.29 is 14.9 Å². The van der Waals surface area contributed by atoms with Gasteiger partial charge in [-0.05, 0) is 70.4 Å². The third kappa shape index (κ3) is 3.64. The molecule has 3 aliphatic carbocycles. The standard InChI is InChI=1S/C19H29NO3/c1-19(2,3)20-10-14(21)11-23-16-9-8-15(22)17-12-4-6-13(7-5-12)18(16)17/h8-9,12-14,20-22H,4-7,10-11H2,1-3H3/t12?,13?,14-/m0/s1. The van der Waals surface area contributed by atoms with E-state index in [-0.39, 0.29) is 12.1 Å². The number of rotatable bonds is 5. The first-order valence-electron chi connectivity index (χ1n) is 8.77. The zero-order valence-corrected chi connectivity index (χ0v) is 14.4. The lowest BCUT2D eigenvalue weighted by molar-refractivity contribution is 0.0987. The van der Waals surface area contributed by atoms with E-state index >= 15 is 0 Å². The molecule has 1 aromatic rings. The van der Waals surface area contributed by atoms with E-state index in [2.05, 4.69) is 26.1 Å². The van der Waals surface area contributed by atoms with Crippen LogP contribution < -0.4 is 10.1 Å². The monoisotopic (exact) mass is 319 g/mol. The van der Waals surface area contributed by atoms with Crippen LogP contribution in [-0.2, 0) is 0 Å². The number of benzene rings is 1. The van der Waals surface area contributed by atoms with Crippen molar-refractivity contribution in [2.24, 2.45) is 0 Å². The van der Waals surface area contributed by atoms with E-state index in [0.717, 1.165) is 11.3 Å². The molecule has 23 heavy (non-hydrogen) atoms. The summed E-state index contributed by atoms with van der Waals surface area (Å²) in [6.45, 7) is 7.02. The van der Waals surface area contributed by atoms with Crippen LogP contribution in [0.4, 0.5) is 0 Å². The molecule has 1 saturated carbocycles. The van der Waals surface area contributed by atoms with Crippen molar-refractivity contribution in [1.82, 2.24) is 5.32 Å². The van der Waals surface area contributed by atoms with Crippen LogP contribution in [0.2, 0.25) is 0 Å². The van der Waals surface area contributed by atoms with Crippen molar-refractivity contribution in [3.63, 3.8) is 0 Å². The van der Waals surface area contributed by atoms with E-state index in [0.29, 0.717) is 24.1 Å². The SMILES string of the molecule is CC(C)(C)NC[C@H](O)COc1ccc(O)c2c1C1CCC2CC1. The molecule has 4 heteroatoms. The summed E-state index contributed by atoms with van der Waals surface area (Å²) in [4.78, 5) is 0. The number of phenols is 1. The molecule has 0 aliphatic heterocycles. The Hall–Kier alpha value is -1.26. The molecule has 0 saturated heterocycles. The Balaban J connectivity index is 1.69. The molecule has 4 rings (SSSR count). The number of aromatic hydroxyl groups is 1. The molecule has 1 fully saturated rings. The summed E-state index contributed by atoms with van der Waals surface area (Å²) >= 11 is 0. The summed E-state index contributed by atoms with van der Waals surface area (Å²) in [6, 6.07) is 3.60. The van der Waals surface area contributed by atoms with Gasteiger partial charge in [-0.25, -0.2) is 0 Å². The largest absolute Gasteiger partial charge is 0.508 e. The number of fused-ring (bicyclic) bond motifs is 2. The predicted octanol–water partition coefficient (Wildman–Crippen LogP) is 3.27. The van der Waals surface area contributed by atoms with Crippen LogP contribution in [0.25, 0.3) is 0 Å². The maximum atomic E-state index is 10.2. The Morgan fingerprint density at radius 3 is 2.35 bits per heavy atom. The van der Waals surface area contributed by atoms with Crippen LogP contribution in [0, 0.1) is 0 Å². The molecule has 0 amide bonds. The van der Waals surface area contributed by atoms with Gasteiger partial charge in [0.25, 0.3) is 0 Å². The van der Waals surface area contributed by atoms with Gasteiger partial charge in [0.1, 0.15) is 24.2 Å². The smallest absolute Gasteiger partial charge is 0.123 e. The number of ether oxygens (including phenoxy) is 1. The van der Waals surface area contributed by atoms with Crippen molar-refractivity contribution in [3.05, 3.63) is 23.3 Å². The van der Waals surface area contributed by atoms with E-state index in [1.807, 2.05) is 6.07 Å². The highest BCUT2D eigenvalue weighted by molar-refractivity contribution is 5.54. The molecular formula is C19H29NO3. The zero-order valence-electron chi connectivity index (χ0n) is 14.4. The summed E-state index contributed by atoms with van der Waals surface area (Å²) in [5, 5.41) is 23.7. The first kappa shape index (κ1) is 16.6. The number of aliphatic hydroxyl groups excluding tert-OH is 1. The van der Waals surface area contributed by atoms with Gasteiger partial charge in [-0.3, -0.25) is 0 Å². The van der Waals surface area contributed by atoms with E-state index in [1.165, 1.54) is 31.2 Å². The highest BCUT2D eigenvalue weighted by Gasteiger charge is 2.37. The number of nitrogens with one attached hydrogen (secondary N) is 1. The summed E-state index contributed by atoms with van der Waals surface area (Å²) in [7, 11) is 0. The minimum atomic E-state index is -0.542. The molecule has 0 spiro atoms. The molecule has 0 radical (unpaired) electrons. The summed E-state index contributed by atoms with van der Waals surface area (Å²) in [5.41, 5.74) is 2.29. The predicted molar refractivity (Wildman–Crippen MR) is 91.3 cm³/mol. The van der Waals surface area contributed by atoms with Crippen LogP contribution in [0.1, 0.15) is 69.4 Å². The minimum Gasteiger partial charge on any atom is -0.508 e. The second kappa shape index (κ2) is 6.33. The third-order valence-corrected chi connectivity index (χ3v) is 5.07. The van der Waals surface area contributed by atoms with Gasteiger partial charge in [-0.1, -0.05) is 0 Å². The van der Waals surface area contributed by atoms with Crippen LogP contribution >= 0.6 is 0 Å². The Morgan fingerprint density at radius 2 is 1.74 bits per heavy atom. The van der Waals surface area contributed by atoms with Crippen LogP contribution in [0.5, 0.6) is 11.5 Å². The first-order chi connectivity index (χ1) is 10.8. The van der Waals surface area contributed by atoms with Gasteiger partial charge in [0, 0.05) is 23.2 Å². The topological polar surface area (TPSA) is 61.7 Å². The van der Waals surface area contributed by atoms with E-state index in [1.54, 1.807) is 6.07 Å². The van der Waals surface area contributed by atoms with Crippen LogP contribution in [-0.4, -0.2) is 35.0 Å². The quantitative estimate of drug-likeness (QED) is 0.779. The lowest BCUT2D eigenvalue weighted by Crippen LogP contribution is -2.42. The number of hydrogen-bond acceptors (Lipinski definition) is 4. The molecule has 1 aromatic carbocycles. The fourth-order valence-corrected chi connectivity index (χ4v) is 3.92. The number of β-amino-alcohol motifs (C(OH)–C–C–N with tert-alkyl or cyclic N) is 1. The molecule has 0 aromatic heterocycles. The normalized spacial score (nSPS) is 24.3. The van der Waals surface area contributed by atoms with Crippen molar-refractivity contribution >= 4 is 0 Å². The Bertz CT molecular complexity index is 556. The Kier molecular flexibility index (Phi) is 4.56. The Labute approximate surface area is 138 Å². The first-order valence-corrected chi connectivity index (χ1v) is 8.77. The molecule has 1 atom stereocenters. The fraction of sp³-hybridized carbons (Fsp3) is 0.684. The maximum Gasteiger partial charge on any atom is 0.123 e. The van der Waals surface area contributed by atoms with E-state index in [9.17, 15) is 10.2 Å². The number of aliphatic hydroxyl groups is 1. The second-order valence-corrected chi connectivity index (χ2v) is 8.05. The average molecular weight is 319 g/mol. The highest BCUT2D eigenvalue weighted by Crippen LogP contribution is 2.54. The van der Waals surface area contributed by atoms with Crippen molar-refractivity contribution in [1.29, 1.82) is 0 Å². The summed E-state index contributed by atoms with van der Waals surface area (Å²) in [6.07, 6.45) is 4.18. The maximum absolute atomic E-state index is 10.2. The van der Waals surface area contributed by atoms with Gasteiger partial charge >= 0.3 is 0 Å². The van der Waals surface area contributed by atoms with Crippen LogP contribution in [0.15, 0.2) is 12.1 Å².